The lowest BCUT2D eigenvalue weighted by Gasteiger charge is -2.28. The molecular formula is C15H24N2O3. The zero-order valence-electron chi connectivity index (χ0n) is 12.3. The minimum absolute atomic E-state index is 0.0487. The lowest BCUT2D eigenvalue weighted by Crippen LogP contribution is -2.30. The van der Waals surface area contributed by atoms with Gasteiger partial charge in [-0.15, -0.1) is 0 Å². The van der Waals surface area contributed by atoms with Gasteiger partial charge < -0.3 is 19.8 Å². The minimum Gasteiger partial charge on any atom is -0.458 e. The van der Waals surface area contributed by atoms with E-state index in [1.807, 2.05) is 4.57 Å². The van der Waals surface area contributed by atoms with Gasteiger partial charge in [0.25, 0.3) is 0 Å². The van der Waals surface area contributed by atoms with E-state index >= 15 is 0 Å². The maximum absolute atomic E-state index is 12.3. The van der Waals surface area contributed by atoms with E-state index in [4.69, 9.17) is 15.2 Å². The summed E-state index contributed by atoms with van der Waals surface area (Å²) in [6, 6.07) is 1.69. The number of hydrogen-bond donors (Lipinski definition) is 1. The van der Waals surface area contributed by atoms with E-state index < -0.39 is 0 Å². The van der Waals surface area contributed by atoms with Gasteiger partial charge in [-0.1, -0.05) is 6.92 Å². The van der Waals surface area contributed by atoms with Gasteiger partial charge in [-0.25, -0.2) is 4.79 Å². The van der Waals surface area contributed by atoms with E-state index in [0.717, 1.165) is 38.6 Å². The molecule has 1 aromatic rings. The zero-order valence-corrected chi connectivity index (χ0v) is 12.3. The number of aromatic nitrogens is 1. The molecule has 2 rings (SSSR count). The van der Waals surface area contributed by atoms with Gasteiger partial charge in [-0.2, -0.15) is 0 Å². The highest BCUT2D eigenvalue weighted by Gasteiger charge is 2.26. The third kappa shape index (κ3) is 3.54. The van der Waals surface area contributed by atoms with Gasteiger partial charge in [-0.05, 0) is 31.7 Å². The molecule has 5 heteroatoms. The average Bonchev–Trinajstić information content (AvgIpc) is 2.80. The largest absolute Gasteiger partial charge is 0.458 e. The van der Waals surface area contributed by atoms with Gasteiger partial charge in [0.15, 0.2) is 0 Å². The Morgan fingerprint density at radius 1 is 1.45 bits per heavy atom. The first-order valence-electron chi connectivity index (χ1n) is 7.33. The molecule has 1 heterocycles. The molecule has 1 aliphatic carbocycles. The zero-order chi connectivity index (χ0) is 14.5. The van der Waals surface area contributed by atoms with Gasteiger partial charge in [0.2, 0.25) is 0 Å². The van der Waals surface area contributed by atoms with Gasteiger partial charge in [0, 0.05) is 26.3 Å². The van der Waals surface area contributed by atoms with Crippen LogP contribution in [0.5, 0.6) is 0 Å². The van der Waals surface area contributed by atoms with Crippen molar-refractivity contribution < 1.29 is 14.3 Å². The quantitative estimate of drug-likeness (QED) is 0.842. The predicted molar refractivity (Wildman–Crippen MR) is 77.6 cm³/mol. The molecular weight excluding hydrogens is 256 g/mol. The predicted octanol–water partition coefficient (Wildman–Crippen LogP) is 2.59. The fourth-order valence-corrected chi connectivity index (χ4v) is 2.76. The molecule has 20 heavy (non-hydrogen) atoms. The summed E-state index contributed by atoms with van der Waals surface area (Å²) >= 11 is 0. The molecule has 0 amide bonds. The van der Waals surface area contributed by atoms with E-state index in [2.05, 4.69) is 6.92 Å². The molecule has 112 valence electrons. The van der Waals surface area contributed by atoms with E-state index in [1.165, 1.54) is 0 Å². The van der Waals surface area contributed by atoms with Gasteiger partial charge in [0.1, 0.15) is 11.8 Å². The molecule has 5 nitrogen and oxygen atoms in total. The molecule has 0 radical (unpaired) electrons. The third-order valence-corrected chi connectivity index (χ3v) is 3.78. The summed E-state index contributed by atoms with van der Waals surface area (Å²) < 4.78 is 12.8. The van der Waals surface area contributed by atoms with Gasteiger partial charge in [0.05, 0.1) is 11.8 Å². The topological polar surface area (TPSA) is 66.5 Å². The van der Waals surface area contributed by atoms with Crippen LogP contribution in [-0.2, 0) is 16.0 Å². The molecule has 0 bridgehead atoms. The molecule has 1 aromatic heterocycles. The van der Waals surface area contributed by atoms with Crippen molar-refractivity contribution in [3.05, 3.63) is 18.0 Å². The Hall–Kier alpha value is -1.49. The number of nitrogens with zero attached hydrogens (tertiary/aromatic N) is 1. The first kappa shape index (κ1) is 14.9. The van der Waals surface area contributed by atoms with Crippen LogP contribution < -0.4 is 5.73 Å². The van der Waals surface area contributed by atoms with E-state index in [-0.39, 0.29) is 18.2 Å². The van der Waals surface area contributed by atoms with Crippen molar-refractivity contribution in [2.45, 2.75) is 57.8 Å². The van der Waals surface area contributed by atoms with E-state index in [0.29, 0.717) is 11.4 Å². The molecule has 0 spiro atoms. The Bertz CT molecular complexity index is 456. The monoisotopic (exact) mass is 280 g/mol. The van der Waals surface area contributed by atoms with Crippen molar-refractivity contribution in [2.24, 2.45) is 0 Å². The summed E-state index contributed by atoms with van der Waals surface area (Å²) in [6.45, 7) is 2.84. The summed E-state index contributed by atoms with van der Waals surface area (Å²) in [5.41, 5.74) is 6.92. The van der Waals surface area contributed by atoms with Crippen molar-refractivity contribution >= 4 is 11.7 Å². The number of carbonyl (C=O) groups is 1. The number of nitrogen functional groups attached to an aromatic ring is 1. The molecule has 0 aliphatic heterocycles. The first-order valence-corrected chi connectivity index (χ1v) is 7.33. The fraction of sp³-hybridized carbons (Fsp3) is 0.667. The van der Waals surface area contributed by atoms with Crippen LogP contribution in [0.15, 0.2) is 12.3 Å². The number of methoxy groups -OCH3 is 1. The Morgan fingerprint density at radius 2 is 2.20 bits per heavy atom. The van der Waals surface area contributed by atoms with E-state index in [1.54, 1.807) is 19.4 Å². The number of nitrogens with two attached hydrogens (primary N) is 1. The lowest BCUT2D eigenvalue weighted by atomic mass is 9.95. The number of aryl methyl sites for hydroxylation is 1. The summed E-state index contributed by atoms with van der Waals surface area (Å²) in [5, 5.41) is 0. The number of ether oxygens (including phenoxy) is 2. The third-order valence-electron chi connectivity index (χ3n) is 3.78. The van der Waals surface area contributed by atoms with E-state index in [9.17, 15) is 4.79 Å². The molecule has 1 aliphatic rings. The smallest absolute Gasteiger partial charge is 0.355 e. The molecule has 1 saturated carbocycles. The standard InChI is InChI=1S/C15H24N2O3/c1-3-7-17-10-11(16)8-14(17)15(18)20-13-6-4-5-12(9-13)19-2/h8,10,12-13H,3-7,9,16H2,1-2H3. The minimum atomic E-state index is -0.281. The van der Waals surface area contributed by atoms with Crippen LogP contribution in [0.2, 0.25) is 0 Å². The Balaban J connectivity index is 2.00. The summed E-state index contributed by atoms with van der Waals surface area (Å²) in [6.07, 6.45) is 6.67. The maximum atomic E-state index is 12.3. The van der Waals surface area contributed by atoms with Crippen molar-refractivity contribution in [1.82, 2.24) is 4.57 Å². The van der Waals surface area contributed by atoms with Crippen LogP contribution >= 0.6 is 0 Å². The SMILES string of the molecule is CCCn1cc(N)cc1C(=O)OC1CCCC(OC)C1. The normalized spacial score (nSPS) is 22.7. The molecule has 0 saturated heterocycles. The number of anilines is 1. The van der Waals surface area contributed by atoms with Crippen LogP contribution in [0.3, 0.4) is 0 Å². The molecule has 2 atom stereocenters. The summed E-state index contributed by atoms with van der Waals surface area (Å²) in [4.78, 5) is 12.3. The van der Waals surface area contributed by atoms with Gasteiger partial charge in [-0.3, -0.25) is 0 Å². The van der Waals surface area contributed by atoms with Crippen LogP contribution in [0.25, 0.3) is 0 Å². The number of rotatable bonds is 5. The van der Waals surface area contributed by atoms with Crippen molar-refractivity contribution in [3.8, 4) is 0 Å². The van der Waals surface area contributed by atoms with Crippen molar-refractivity contribution in [3.63, 3.8) is 0 Å². The van der Waals surface area contributed by atoms with Crippen LogP contribution in [0.1, 0.15) is 49.5 Å². The second-order valence-electron chi connectivity index (χ2n) is 5.40. The number of carbonyl (C=O) groups excluding carboxylic acids is 1. The second-order valence-corrected chi connectivity index (χ2v) is 5.40. The highest BCUT2D eigenvalue weighted by atomic mass is 16.5. The van der Waals surface area contributed by atoms with Crippen LogP contribution in [0, 0.1) is 0 Å². The average molecular weight is 280 g/mol. The highest BCUT2D eigenvalue weighted by molar-refractivity contribution is 5.89. The number of esters is 1. The fourth-order valence-electron chi connectivity index (χ4n) is 2.76. The van der Waals surface area contributed by atoms with Crippen LogP contribution in [-0.4, -0.2) is 29.9 Å². The maximum Gasteiger partial charge on any atom is 0.355 e. The molecule has 2 unspecified atom stereocenters. The van der Waals surface area contributed by atoms with Gasteiger partial charge >= 0.3 is 5.97 Å². The Labute approximate surface area is 120 Å². The van der Waals surface area contributed by atoms with Crippen LogP contribution in [0.4, 0.5) is 5.69 Å². The Morgan fingerprint density at radius 3 is 2.90 bits per heavy atom. The summed E-state index contributed by atoms with van der Waals surface area (Å²) in [7, 11) is 1.71. The Kier molecular flexibility index (Phi) is 5.06. The lowest BCUT2D eigenvalue weighted by molar-refractivity contribution is -0.0156. The highest BCUT2D eigenvalue weighted by Crippen LogP contribution is 2.24. The number of hydrogen-bond acceptors (Lipinski definition) is 4. The molecule has 2 N–H and O–H groups in total. The molecule has 0 aromatic carbocycles. The second kappa shape index (κ2) is 6.79. The van der Waals surface area contributed by atoms with Crippen molar-refractivity contribution in [1.29, 1.82) is 0 Å². The summed E-state index contributed by atoms with van der Waals surface area (Å²) in [5.74, 6) is -0.281. The van der Waals surface area contributed by atoms with Crippen molar-refractivity contribution in [2.75, 3.05) is 12.8 Å². The first-order chi connectivity index (χ1) is 9.63. The molecule has 1 fully saturated rings.